The number of nitrogens with zero attached hydrogens (tertiary/aromatic N) is 6. The molecular weight excluding hydrogens is 374 g/mol. The summed E-state index contributed by atoms with van der Waals surface area (Å²) >= 11 is -0.948. The average molecular weight is 398 g/mol. The van der Waals surface area contributed by atoms with Gasteiger partial charge in [-0.15, -0.1) is 4.31 Å². The van der Waals surface area contributed by atoms with Crippen LogP contribution in [0.3, 0.4) is 0 Å². The molecule has 1 aliphatic rings. The summed E-state index contributed by atoms with van der Waals surface area (Å²) in [4.78, 5) is 17.9. The minimum Gasteiger partial charge on any atom is -0.598 e. The normalized spacial score (nSPS) is 16.4. The van der Waals surface area contributed by atoms with Crippen molar-refractivity contribution in [3.63, 3.8) is 0 Å². The van der Waals surface area contributed by atoms with Gasteiger partial charge >= 0.3 is 0 Å². The van der Waals surface area contributed by atoms with Crippen LogP contribution in [0.25, 0.3) is 16.6 Å². The molecule has 0 radical (unpaired) electrons. The van der Waals surface area contributed by atoms with Gasteiger partial charge in [0, 0.05) is 36.2 Å². The monoisotopic (exact) mass is 397 g/mol. The first-order valence-electron chi connectivity index (χ1n) is 9.22. The predicted octanol–water partition coefficient (Wildman–Crippen LogP) is 2.93. The predicted molar refractivity (Wildman–Crippen MR) is 111 cm³/mol. The van der Waals surface area contributed by atoms with Crippen molar-refractivity contribution in [2.75, 3.05) is 24.7 Å². The third-order valence-electron chi connectivity index (χ3n) is 4.75. The first-order valence-corrected chi connectivity index (χ1v) is 10.7. The van der Waals surface area contributed by atoms with E-state index in [9.17, 15) is 4.55 Å². The third-order valence-corrected chi connectivity index (χ3v) is 5.81. The van der Waals surface area contributed by atoms with Gasteiger partial charge in [-0.2, -0.15) is 0 Å². The van der Waals surface area contributed by atoms with Crippen molar-refractivity contribution in [2.45, 2.75) is 26.3 Å². The number of hydrogen-bond donors (Lipinski definition) is 1. The lowest BCUT2D eigenvalue weighted by Gasteiger charge is -2.24. The van der Waals surface area contributed by atoms with Gasteiger partial charge in [0.15, 0.2) is 5.82 Å². The van der Waals surface area contributed by atoms with Crippen LogP contribution in [-0.2, 0) is 11.4 Å². The quantitative estimate of drug-likeness (QED) is 0.661. The van der Waals surface area contributed by atoms with E-state index in [2.05, 4.69) is 49.7 Å². The summed E-state index contributed by atoms with van der Waals surface area (Å²) in [5.41, 5.74) is 2.98. The molecular formula is C19H23N7OS. The van der Waals surface area contributed by atoms with Gasteiger partial charge < -0.3 is 14.4 Å². The minimum absolute atomic E-state index is 0.321. The molecule has 1 aliphatic heterocycles. The van der Waals surface area contributed by atoms with E-state index < -0.39 is 11.4 Å². The van der Waals surface area contributed by atoms with E-state index in [1.54, 1.807) is 18.6 Å². The van der Waals surface area contributed by atoms with Gasteiger partial charge in [-0.25, -0.2) is 19.9 Å². The molecule has 0 aliphatic carbocycles. The molecule has 0 amide bonds. The van der Waals surface area contributed by atoms with Crippen LogP contribution in [-0.4, -0.2) is 52.7 Å². The Morgan fingerprint density at radius 2 is 2.07 bits per heavy atom. The van der Waals surface area contributed by atoms with Gasteiger partial charge in [0.1, 0.15) is 23.4 Å². The molecule has 1 atom stereocenters. The molecule has 3 aromatic heterocycles. The molecule has 1 N–H and O–H groups in total. The van der Waals surface area contributed by atoms with E-state index in [-0.39, 0.29) is 0 Å². The number of nitrogens with one attached hydrogen (secondary N) is 1. The number of rotatable bonds is 5. The van der Waals surface area contributed by atoms with Gasteiger partial charge in [-0.1, -0.05) is 6.08 Å². The van der Waals surface area contributed by atoms with E-state index in [0.29, 0.717) is 30.0 Å². The van der Waals surface area contributed by atoms with Crippen LogP contribution < -0.4 is 5.32 Å². The van der Waals surface area contributed by atoms with Crippen molar-refractivity contribution < 1.29 is 4.55 Å². The maximum Gasteiger partial charge on any atom is 0.157 e. The topological polar surface area (TPSA) is 94.8 Å². The van der Waals surface area contributed by atoms with Gasteiger partial charge in [0.05, 0.1) is 24.6 Å². The summed E-state index contributed by atoms with van der Waals surface area (Å²) in [6.07, 6.45) is 9.88. The van der Waals surface area contributed by atoms with E-state index in [0.717, 1.165) is 29.6 Å². The Kier molecular flexibility index (Phi) is 5.29. The highest BCUT2D eigenvalue weighted by molar-refractivity contribution is 7.88. The molecule has 4 rings (SSSR count). The summed E-state index contributed by atoms with van der Waals surface area (Å²) in [6.45, 7) is 5.64. The van der Waals surface area contributed by atoms with Crippen LogP contribution in [0, 0.1) is 0 Å². The number of pyridine rings is 1. The molecule has 9 heteroatoms. The molecule has 0 fully saturated rings. The summed E-state index contributed by atoms with van der Waals surface area (Å²) in [7, 11) is 0. The van der Waals surface area contributed by atoms with Gasteiger partial charge in [-0.3, -0.25) is 0 Å². The Hall–Kier alpha value is -2.49. The van der Waals surface area contributed by atoms with Crippen molar-refractivity contribution in [3.8, 4) is 0 Å². The molecule has 3 aromatic rings. The Morgan fingerprint density at radius 1 is 1.21 bits per heavy atom. The Bertz CT molecular complexity index is 1010. The fourth-order valence-electron chi connectivity index (χ4n) is 3.21. The van der Waals surface area contributed by atoms with Crippen molar-refractivity contribution in [2.24, 2.45) is 0 Å². The fraction of sp³-hybridized carbons (Fsp3) is 0.368. The van der Waals surface area contributed by atoms with E-state index >= 15 is 0 Å². The lowest BCUT2D eigenvalue weighted by molar-refractivity contribution is 0.445. The number of imidazole rings is 1. The van der Waals surface area contributed by atoms with Crippen molar-refractivity contribution in [1.29, 1.82) is 0 Å². The van der Waals surface area contributed by atoms with Crippen molar-refractivity contribution in [1.82, 2.24) is 28.8 Å². The zero-order chi connectivity index (χ0) is 19.7. The van der Waals surface area contributed by atoms with E-state index in [1.807, 2.05) is 22.8 Å². The van der Waals surface area contributed by atoms with Crippen LogP contribution in [0.5, 0.6) is 0 Å². The molecule has 0 bridgehead atoms. The molecule has 0 spiro atoms. The smallest absolute Gasteiger partial charge is 0.157 e. The molecule has 8 nitrogen and oxygen atoms in total. The minimum atomic E-state index is -0.948. The van der Waals surface area contributed by atoms with Crippen LogP contribution in [0.1, 0.15) is 32.1 Å². The van der Waals surface area contributed by atoms with Crippen LogP contribution >= 0.6 is 0 Å². The molecule has 4 heterocycles. The Morgan fingerprint density at radius 3 is 2.79 bits per heavy atom. The van der Waals surface area contributed by atoms with Crippen molar-refractivity contribution in [3.05, 3.63) is 42.8 Å². The van der Waals surface area contributed by atoms with Crippen LogP contribution in [0.4, 0.5) is 11.6 Å². The summed E-state index contributed by atoms with van der Waals surface area (Å²) in [6, 6.07) is 4.13. The second kappa shape index (κ2) is 7.86. The average Bonchev–Trinajstić information content (AvgIpc) is 3.12. The lowest BCUT2D eigenvalue weighted by Crippen LogP contribution is -2.33. The second-order valence-corrected chi connectivity index (χ2v) is 8.35. The highest BCUT2D eigenvalue weighted by Crippen LogP contribution is 2.24. The summed E-state index contributed by atoms with van der Waals surface area (Å²) < 4.78 is 15.6. The highest BCUT2D eigenvalue weighted by atomic mass is 32.2. The van der Waals surface area contributed by atoms with E-state index in [1.165, 1.54) is 0 Å². The summed E-state index contributed by atoms with van der Waals surface area (Å²) in [5.74, 6) is 2.10. The largest absolute Gasteiger partial charge is 0.598 e. The van der Waals surface area contributed by atoms with Crippen LogP contribution in [0.15, 0.2) is 36.9 Å². The second-order valence-electron chi connectivity index (χ2n) is 6.99. The maximum absolute atomic E-state index is 11.6. The van der Waals surface area contributed by atoms with Gasteiger partial charge in [0.25, 0.3) is 0 Å². The number of hydrogen-bond acceptors (Lipinski definition) is 7. The van der Waals surface area contributed by atoms with E-state index in [4.69, 9.17) is 0 Å². The first-order chi connectivity index (χ1) is 13.5. The standard InChI is InChI=1S/C19H23N7OS/c1-13(2)26-12-22-15-11-21-18(10-16(15)26)23-17-4-7-20-19(24-17)14-5-8-25(9-6-14)28(3)27/h4-5,7,10-13H,6,8-9H2,1-3H3,(H,20,21,23,24). The fourth-order valence-corrected chi connectivity index (χ4v) is 3.84. The zero-order valence-corrected chi connectivity index (χ0v) is 17.0. The lowest BCUT2D eigenvalue weighted by atomic mass is 10.1. The molecule has 0 aromatic carbocycles. The van der Waals surface area contributed by atoms with Gasteiger partial charge in [0.2, 0.25) is 0 Å². The SMILES string of the molecule is CC(C)n1cnc2cnc(Nc3ccnc(C4=CCN([S+](C)[O-])CC4)n3)cc21. The maximum atomic E-state index is 11.6. The number of aromatic nitrogens is 5. The Balaban J connectivity index is 1.56. The highest BCUT2D eigenvalue weighted by Gasteiger charge is 2.20. The molecule has 0 saturated carbocycles. The molecule has 28 heavy (non-hydrogen) atoms. The number of fused-ring (bicyclic) bond motifs is 1. The van der Waals surface area contributed by atoms with Crippen molar-refractivity contribution >= 4 is 39.6 Å². The first kappa shape index (κ1) is 18.9. The molecule has 1 unspecified atom stereocenters. The molecule has 0 saturated heterocycles. The Labute approximate surface area is 167 Å². The van der Waals surface area contributed by atoms with Gasteiger partial charge in [-0.05, 0) is 31.9 Å². The molecule has 146 valence electrons. The third kappa shape index (κ3) is 3.87. The zero-order valence-electron chi connectivity index (χ0n) is 16.2. The number of anilines is 2. The summed E-state index contributed by atoms with van der Waals surface area (Å²) in [5, 5.41) is 3.27. The van der Waals surface area contributed by atoms with Crippen LogP contribution in [0.2, 0.25) is 0 Å².